The first kappa shape index (κ1) is 20.1. The molecule has 0 saturated heterocycles. The summed E-state index contributed by atoms with van der Waals surface area (Å²) in [6, 6.07) is 5.23. The van der Waals surface area contributed by atoms with Crippen molar-refractivity contribution in [1.82, 2.24) is 19.4 Å². The van der Waals surface area contributed by atoms with Gasteiger partial charge in [0.25, 0.3) is 0 Å². The number of carboxylic acid groups (broad SMARTS) is 1. The largest absolute Gasteiger partial charge is 0.478 e. The van der Waals surface area contributed by atoms with Gasteiger partial charge in [-0.2, -0.15) is 0 Å². The summed E-state index contributed by atoms with van der Waals surface area (Å²) in [5.41, 5.74) is 3.94. The number of benzene rings is 1. The SMILES string of the molecule is CN(C)C(=O)Cn1c(-c2cncnc2)c(C2CCCCC2)c2ccc(C(=O)O)cc21. The van der Waals surface area contributed by atoms with Gasteiger partial charge in [-0.25, -0.2) is 14.8 Å². The smallest absolute Gasteiger partial charge is 0.335 e. The van der Waals surface area contributed by atoms with E-state index >= 15 is 0 Å². The van der Waals surface area contributed by atoms with Crippen molar-refractivity contribution in [2.24, 2.45) is 0 Å². The molecule has 1 fully saturated rings. The van der Waals surface area contributed by atoms with E-state index < -0.39 is 5.97 Å². The molecule has 7 nitrogen and oxygen atoms in total. The van der Waals surface area contributed by atoms with Gasteiger partial charge in [0.2, 0.25) is 5.91 Å². The highest BCUT2D eigenvalue weighted by molar-refractivity contribution is 5.98. The molecule has 156 valence electrons. The van der Waals surface area contributed by atoms with Gasteiger partial charge >= 0.3 is 5.97 Å². The lowest BCUT2D eigenvalue weighted by atomic mass is 9.82. The molecule has 2 aromatic heterocycles. The molecule has 7 heteroatoms. The summed E-state index contributed by atoms with van der Waals surface area (Å²) in [5.74, 6) is -0.670. The minimum atomic E-state index is -0.979. The maximum absolute atomic E-state index is 12.7. The van der Waals surface area contributed by atoms with Crippen molar-refractivity contribution in [2.75, 3.05) is 14.1 Å². The van der Waals surface area contributed by atoms with Gasteiger partial charge in [-0.15, -0.1) is 0 Å². The molecule has 4 rings (SSSR count). The predicted molar refractivity (Wildman–Crippen MR) is 114 cm³/mol. The lowest BCUT2D eigenvalue weighted by Gasteiger charge is -2.23. The molecule has 1 aliphatic carbocycles. The number of amides is 1. The second kappa shape index (κ2) is 8.26. The minimum absolute atomic E-state index is 0.0547. The molecular formula is C23H26N4O3. The van der Waals surface area contributed by atoms with Crippen LogP contribution in [0.4, 0.5) is 0 Å². The standard InChI is InChI=1S/C23H26N4O3/c1-26(2)20(28)13-27-19-10-16(23(29)30)8-9-18(19)21(15-6-4-3-5-7-15)22(27)17-11-24-14-25-12-17/h8-12,14-15H,3-7,13H2,1-2H3,(H,29,30). The fraction of sp³-hybridized carbons (Fsp3) is 0.391. The molecule has 0 radical (unpaired) electrons. The van der Waals surface area contributed by atoms with E-state index in [9.17, 15) is 14.7 Å². The number of nitrogens with zero attached hydrogens (tertiary/aromatic N) is 4. The lowest BCUT2D eigenvalue weighted by Crippen LogP contribution is -2.26. The third-order valence-corrected chi connectivity index (χ3v) is 5.99. The second-order valence-electron chi connectivity index (χ2n) is 8.14. The van der Waals surface area contributed by atoms with Crippen LogP contribution in [0.2, 0.25) is 0 Å². The zero-order valence-corrected chi connectivity index (χ0v) is 17.3. The van der Waals surface area contributed by atoms with Crippen LogP contribution >= 0.6 is 0 Å². The van der Waals surface area contributed by atoms with Crippen LogP contribution in [0.5, 0.6) is 0 Å². The molecule has 1 N–H and O–H groups in total. The van der Waals surface area contributed by atoms with Crippen LogP contribution in [0.25, 0.3) is 22.2 Å². The van der Waals surface area contributed by atoms with Crippen LogP contribution in [0, 0.1) is 0 Å². The quantitative estimate of drug-likeness (QED) is 0.693. The van der Waals surface area contributed by atoms with Crippen molar-refractivity contribution in [3.05, 3.63) is 48.0 Å². The van der Waals surface area contributed by atoms with Crippen LogP contribution in [0.15, 0.2) is 36.9 Å². The van der Waals surface area contributed by atoms with Gasteiger partial charge < -0.3 is 14.6 Å². The van der Waals surface area contributed by atoms with Crippen molar-refractivity contribution in [3.8, 4) is 11.3 Å². The van der Waals surface area contributed by atoms with Gasteiger partial charge in [0, 0.05) is 37.4 Å². The Morgan fingerprint density at radius 3 is 2.47 bits per heavy atom. The van der Waals surface area contributed by atoms with E-state index in [1.54, 1.807) is 43.5 Å². The summed E-state index contributed by atoms with van der Waals surface area (Å²) in [6.45, 7) is 0.128. The summed E-state index contributed by atoms with van der Waals surface area (Å²) in [5, 5.41) is 10.6. The van der Waals surface area contributed by atoms with Crippen molar-refractivity contribution < 1.29 is 14.7 Å². The molecular weight excluding hydrogens is 380 g/mol. The van der Waals surface area contributed by atoms with E-state index in [2.05, 4.69) is 9.97 Å². The van der Waals surface area contributed by atoms with Gasteiger partial charge in [-0.1, -0.05) is 25.3 Å². The van der Waals surface area contributed by atoms with Crippen LogP contribution in [0.1, 0.15) is 53.9 Å². The second-order valence-corrected chi connectivity index (χ2v) is 8.14. The molecule has 2 heterocycles. The zero-order valence-electron chi connectivity index (χ0n) is 17.3. The molecule has 30 heavy (non-hydrogen) atoms. The maximum Gasteiger partial charge on any atom is 0.335 e. The highest BCUT2D eigenvalue weighted by Crippen LogP contribution is 2.44. The van der Waals surface area contributed by atoms with Crippen LogP contribution < -0.4 is 0 Å². The Morgan fingerprint density at radius 1 is 1.13 bits per heavy atom. The third-order valence-electron chi connectivity index (χ3n) is 5.99. The monoisotopic (exact) mass is 406 g/mol. The molecule has 1 aliphatic rings. The van der Waals surface area contributed by atoms with Crippen molar-refractivity contribution >= 4 is 22.8 Å². The highest BCUT2D eigenvalue weighted by Gasteiger charge is 2.28. The number of likely N-dealkylation sites (N-methyl/N-ethyl adjacent to an activating group) is 1. The fourth-order valence-electron chi connectivity index (χ4n) is 4.49. The fourth-order valence-corrected chi connectivity index (χ4v) is 4.49. The van der Waals surface area contributed by atoms with Crippen molar-refractivity contribution in [1.29, 1.82) is 0 Å². The van der Waals surface area contributed by atoms with E-state index in [1.165, 1.54) is 31.2 Å². The molecule has 0 spiro atoms. The number of carbonyl (C=O) groups excluding carboxylic acids is 1. The lowest BCUT2D eigenvalue weighted by molar-refractivity contribution is -0.129. The van der Waals surface area contributed by atoms with E-state index in [1.807, 2.05) is 10.6 Å². The topological polar surface area (TPSA) is 88.3 Å². The summed E-state index contributed by atoms with van der Waals surface area (Å²) in [7, 11) is 3.45. The molecule has 0 aliphatic heterocycles. The third kappa shape index (κ3) is 3.67. The first-order valence-corrected chi connectivity index (χ1v) is 10.3. The van der Waals surface area contributed by atoms with Crippen LogP contribution in [-0.2, 0) is 11.3 Å². The van der Waals surface area contributed by atoms with Gasteiger partial charge in [0.15, 0.2) is 0 Å². The Hall–Kier alpha value is -3.22. The Morgan fingerprint density at radius 2 is 1.83 bits per heavy atom. The number of carboxylic acids is 1. The average Bonchev–Trinajstić information content (AvgIpc) is 3.08. The number of carbonyl (C=O) groups is 2. The zero-order chi connectivity index (χ0) is 21.3. The Balaban J connectivity index is 2.03. The maximum atomic E-state index is 12.7. The Bertz CT molecular complexity index is 1080. The number of aromatic carboxylic acids is 1. The normalized spacial score (nSPS) is 14.7. The van der Waals surface area contributed by atoms with Crippen LogP contribution in [-0.4, -0.2) is 50.5 Å². The highest BCUT2D eigenvalue weighted by atomic mass is 16.4. The average molecular weight is 406 g/mol. The van der Waals surface area contributed by atoms with Gasteiger partial charge in [-0.05, 0) is 36.5 Å². The van der Waals surface area contributed by atoms with Crippen LogP contribution in [0.3, 0.4) is 0 Å². The summed E-state index contributed by atoms with van der Waals surface area (Å²) in [4.78, 5) is 34.3. The molecule has 0 unspecified atom stereocenters. The van der Waals surface area contributed by atoms with E-state index in [0.29, 0.717) is 5.92 Å². The van der Waals surface area contributed by atoms with Crippen molar-refractivity contribution in [2.45, 2.75) is 44.6 Å². The minimum Gasteiger partial charge on any atom is -0.478 e. The molecule has 3 aromatic rings. The molecule has 0 bridgehead atoms. The van der Waals surface area contributed by atoms with E-state index in [0.717, 1.165) is 35.0 Å². The predicted octanol–water partition coefficient (Wildman–Crippen LogP) is 3.93. The molecule has 1 amide bonds. The Labute approximate surface area is 175 Å². The molecule has 1 saturated carbocycles. The van der Waals surface area contributed by atoms with E-state index in [4.69, 9.17) is 0 Å². The van der Waals surface area contributed by atoms with Crippen molar-refractivity contribution in [3.63, 3.8) is 0 Å². The number of hydrogen-bond donors (Lipinski definition) is 1. The summed E-state index contributed by atoms with van der Waals surface area (Å²) in [6.07, 6.45) is 10.8. The first-order valence-electron chi connectivity index (χ1n) is 10.3. The van der Waals surface area contributed by atoms with Gasteiger partial charge in [-0.3, -0.25) is 4.79 Å². The first-order chi connectivity index (χ1) is 14.5. The number of hydrogen-bond acceptors (Lipinski definition) is 4. The summed E-state index contributed by atoms with van der Waals surface area (Å²) < 4.78 is 1.95. The molecule has 0 atom stereocenters. The van der Waals surface area contributed by atoms with Gasteiger partial charge in [0.1, 0.15) is 12.9 Å². The van der Waals surface area contributed by atoms with Gasteiger partial charge in [0.05, 0.1) is 16.8 Å². The number of aromatic nitrogens is 3. The Kier molecular flexibility index (Phi) is 5.53. The number of fused-ring (bicyclic) bond motifs is 1. The number of rotatable bonds is 5. The molecule has 1 aromatic carbocycles. The summed E-state index contributed by atoms with van der Waals surface area (Å²) >= 11 is 0. The van der Waals surface area contributed by atoms with E-state index in [-0.39, 0.29) is 18.0 Å².